The molecule has 0 fully saturated rings. The minimum absolute atomic E-state index is 0.0459. The SMILES string of the molecule is CC(C)Oc1cc(F)ccc1Nc1ncnc2cc(I)sc12. The molecule has 0 unspecified atom stereocenters. The van der Waals surface area contributed by atoms with Crippen molar-refractivity contribution in [3.05, 3.63) is 39.3 Å². The highest BCUT2D eigenvalue weighted by Gasteiger charge is 2.12. The Morgan fingerprint density at radius 1 is 1.27 bits per heavy atom. The molecular weight excluding hydrogens is 416 g/mol. The van der Waals surface area contributed by atoms with Gasteiger partial charge in [-0.25, -0.2) is 14.4 Å². The fourth-order valence-corrected chi connectivity index (χ4v) is 3.73. The molecule has 2 heterocycles. The highest BCUT2D eigenvalue weighted by molar-refractivity contribution is 14.1. The zero-order valence-electron chi connectivity index (χ0n) is 11.9. The molecule has 0 spiro atoms. The third-order valence-corrected chi connectivity index (χ3v) is 4.73. The Labute approximate surface area is 144 Å². The number of hydrogen-bond acceptors (Lipinski definition) is 5. The van der Waals surface area contributed by atoms with Gasteiger partial charge in [-0.3, -0.25) is 0 Å². The van der Waals surface area contributed by atoms with E-state index in [1.54, 1.807) is 17.4 Å². The topological polar surface area (TPSA) is 47.0 Å². The number of ether oxygens (including phenoxy) is 1. The summed E-state index contributed by atoms with van der Waals surface area (Å²) in [5, 5.41) is 3.23. The van der Waals surface area contributed by atoms with E-state index in [9.17, 15) is 4.39 Å². The molecule has 1 aromatic carbocycles. The second-order valence-electron chi connectivity index (χ2n) is 4.92. The van der Waals surface area contributed by atoms with E-state index in [1.807, 2.05) is 19.9 Å². The third kappa shape index (κ3) is 3.30. The van der Waals surface area contributed by atoms with Gasteiger partial charge in [0.2, 0.25) is 0 Å². The number of nitrogens with one attached hydrogen (secondary N) is 1. The molecule has 0 saturated heterocycles. The van der Waals surface area contributed by atoms with E-state index in [0.717, 1.165) is 13.1 Å². The molecule has 0 aliphatic carbocycles. The summed E-state index contributed by atoms with van der Waals surface area (Å²) in [5.41, 5.74) is 1.57. The number of aromatic nitrogens is 2. The summed E-state index contributed by atoms with van der Waals surface area (Å²) in [4.78, 5) is 8.55. The molecule has 0 bridgehead atoms. The summed E-state index contributed by atoms with van der Waals surface area (Å²) in [6.07, 6.45) is 1.47. The fourth-order valence-electron chi connectivity index (χ4n) is 1.99. The molecule has 1 N–H and O–H groups in total. The molecular formula is C15H13FIN3OS. The van der Waals surface area contributed by atoms with E-state index in [4.69, 9.17) is 4.74 Å². The van der Waals surface area contributed by atoms with Gasteiger partial charge < -0.3 is 10.1 Å². The summed E-state index contributed by atoms with van der Waals surface area (Å²) in [5.74, 6) is 0.825. The molecule has 0 radical (unpaired) electrons. The van der Waals surface area contributed by atoms with Crippen molar-refractivity contribution in [2.75, 3.05) is 5.32 Å². The van der Waals surface area contributed by atoms with Crippen molar-refractivity contribution in [1.29, 1.82) is 0 Å². The van der Waals surface area contributed by atoms with Gasteiger partial charge in [0.1, 0.15) is 17.9 Å². The molecule has 7 heteroatoms. The minimum atomic E-state index is -0.334. The van der Waals surface area contributed by atoms with Crippen LogP contribution in [0.4, 0.5) is 15.9 Å². The molecule has 0 aliphatic heterocycles. The maximum absolute atomic E-state index is 13.5. The van der Waals surface area contributed by atoms with Gasteiger partial charge in [0.05, 0.1) is 24.9 Å². The Kier molecular flexibility index (Phi) is 4.44. The highest BCUT2D eigenvalue weighted by atomic mass is 127. The Morgan fingerprint density at radius 3 is 2.86 bits per heavy atom. The maximum atomic E-state index is 13.5. The summed E-state index contributed by atoms with van der Waals surface area (Å²) in [6.45, 7) is 3.80. The van der Waals surface area contributed by atoms with Crippen LogP contribution in [0.15, 0.2) is 30.6 Å². The van der Waals surface area contributed by atoms with Crippen LogP contribution in [-0.4, -0.2) is 16.1 Å². The number of thiophene rings is 1. The number of anilines is 2. The number of hydrogen-bond donors (Lipinski definition) is 1. The molecule has 0 saturated carbocycles. The zero-order chi connectivity index (χ0) is 15.7. The first-order valence-electron chi connectivity index (χ1n) is 6.66. The average Bonchev–Trinajstić information content (AvgIpc) is 2.82. The summed E-state index contributed by atoms with van der Waals surface area (Å²) in [6, 6.07) is 6.42. The summed E-state index contributed by atoms with van der Waals surface area (Å²) in [7, 11) is 0. The average molecular weight is 429 g/mol. The summed E-state index contributed by atoms with van der Waals surface area (Å²) >= 11 is 3.86. The molecule has 0 atom stereocenters. The minimum Gasteiger partial charge on any atom is -0.489 e. The number of fused-ring (bicyclic) bond motifs is 1. The van der Waals surface area contributed by atoms with Crippen LogP contribution in [0.5, 0.6) is 5.75 Å². The van der Waals surface area contributed by atoms with E-state index < -0.39 is 0 Å². The molecule has 3 aromatic rings. The van der Waals surface area contributed by atoms with Crippen LogP contribution < -0.4 is 10.1 Å². The van der Waals surface area contributed by atoms with E-state index in [1.165, 1.54) is 18.5 Å². The van der Waals surface area contributed by atoms with Crippen molar-refractivity contribution in [3.8, 4) is 5.75 Å². The Bertz CT molecular complexity index is 822. The Hall–Kier alpha value is -1.48. The number of benzene rings is 1. The van der Waals surface area contributed by atoms with Crippen LogP contribution in [-0.2, 0) is 0 Å². The smallest absolute Gasteiger partial charge is 0.151 e. The second kappa shape index (κ2) is 6.33. The van der Waals surface area contributed by atoms with Crippen LogP contribution in [0.2, 0.25) is 0 Å². The van der Waals surface area contributed by atoms with Crippen LogP contribution in [0.25, 0.3) is 10.2 Å². The molecule has 0 amide bonds. The lowest BCUT2D eigenvalue weighted by Gasteiger charge is -2.15. The Morgan fingerprint density at radius 2 is 2.09 bits per heavy atom. The third-order valence-electron chi connectivity index (χ3n) is 2.84. The Balaban J connectivity index is 2.01. The quantitative estimate of drug-likeness (QED) is 0.596. The van der Waals surface area contributed by atoms with E-state index in [-0.39, 0.29) is 11.9 Å². The first-order valence-corrected chi connectivity index (χ1v) is 8.55. The molecule has 4 nitrogen and oxygen atoms in total. The summed E-state index contributed by atoms with van der Waals surface area (Å²) < 4.78 is 21.2. The molecule has 0 aliphatic rings. The lowest BCUT2D eigenvalue weighted by Crippen LogP contribution is -2.08. The van der Waals surface area contributed by atoms with Gasteiger partial charge in [-0.1, -0.05) is 0 Å². The second-order valence-corrected chi connectivity index (χ2v) is 7.87. The first-order chi connectivity index (χ1) is 10.5. The van der Waals surface area contributed by atoms with Crippen molar-refractivity contribution in [3.63, 3.8) is 0 Å². The van der Waals surface area contributed by atoms with Gasteiger partial charge >= 0.3 is 0 Å². The lowest BCUT2D eigenvalue weighted by molar-refractivity contribution is 0.243. The van der Waals surface area contributed by atoms with Crippen molar-refractivity contribution < 1.29 is 9.13 Å². The predicted octanol–water partition coefficient (Wildman–Crippen LogP) is 4.97. The van der Waals surface area contributed by atoms with Crippen molar-refractivity contribution >= 4 is 55.6 Å². The first kappa shape index (κ1) is 15.4. The monoisotopic (exact) mass is 429 g/mol. The normalized spacial score (nSPS) is 11.1. The largest absolute Gasteiger partial charge is 0.489 e. The zero-order valence-corrected chi connectivity index (χ0v) is 14.9. The van der Waals surface area contributed by atoms with Crippen molar-refractivity contribution in [2.24, 2.45) is 0 Å². The highest BCUT2D eigenvalue weighted by Crippen LogP contribution is 2.34. The van der Waals surface area contributed by atoms with Crippen LogP contribution in [0.1, 0.15) is 13.8 Å². The van der Waals surface area contributed by atoms with E-state index in [0.29, 0.717) is 17.3 Å². The molecule has 114 valence electrons. The molecule has 2 aromatic heterocycles. The van der Waals surface area contributed by atoms with Crippen LogP contribution in [0, 0.1) is 8.70 Å². The van der Waals surface area contributed by atoms with Gasteiger partial charge in [0.15, 0.2) is 5.82 Å². The van der Waals surface area contributed by atoms with E-state index in [2.05, 4.69) is 37.9 Å². The van der Waals surface area contributed by atoms with Crippen LogP contribution >= 0.6 is 33.9 Å². The number of halogens is 2. The van der Waals surface area contributed by atoms with Crippen molar-refractivity contribution in [1.82, 2.24) is 9.97 Å². The maximum Gasteiger partial charge on any atom is 0.151 e. The predicted molar refractivity (Wildman–Crippen MR) is 95.6 cm³/mol. The number of nitrogens with zero attached hydrogens (tertiary/aromatic N) is 2. The fraction of sp³-hybridized carbons (Fsp3) is 0.200. The van der Waals surface area contributed by atoms with Gasteiger partial charge in [0.25, 0.3) is 0 Å². The molecule has 3 rings (SSSR count). The standard InChI is InChI=1S/C15H13FIN3OS/c1-8(2)21-12-5-9(16)3-4-10(12)20-15-14-11(18-7-19-15)6-13(17)22-14/h3-8H,1-2H3,(H,18,19,20). The molecule has 22 heavy (non-hydrogen) atoms. The lowest BCUT2D eigenvalue weighted by atomic mass is 10.2. The number of rotatable bonds is 4. The van der Waals surface area contributed by atoms with Gasteiger partial charge in [-0.15, -0.1) is 11.3 Å². The van der Waals surface area contributed by atoms with Gasteiger partial charge in [0, 0.05) is 6.07 Å². The van der Waals surface area contributed by atoms with Crippen molar-refractivity contribution in [2.45, 2.75) is 20.0 Å². The van der Waals surface area contributed by atoms with Crippen LogP contribution in [0.3, 0.4) is 0 Å². The van der Waals surface area contributed by atoms with Gasteiger partial charge in [-0.2, -0.15) is 0 Å². The van der Waals surface area contributed by atoms with Gasteiger partial charge in [-0.05, 0) is 54.6 Å². The van der Waals surface area contributed by atoms with E-state index >= 15 is 0 Å².